The number of amidine groups is 1. The van der Waals surface area contributed by atoms with Crippen molar-refractivity contribution in [1.29, 1.82) is 5.41 Å². The lowest BCUT2D eigenvalue weighted by atomic mass is 9.72. The smallest absolute Gasteiger partial charge is 0.214 e. The molecule has 160 valence electrons. The molecule has 0 saturated carbocycles. The maximum absolute atomic E-state index is 7.27. The van der Waals surface area contributed by atoms with Crippen LogP contribution in [-0.2, 0) is 6.61 Å². The predicted octanol–water partition coefficient (Wildman–Crippen LogP) is 4.44. The largest absolute Gasteiger partial charge is 0.487 e. The summed E-state index contributed by atoms with van der Waals surface area (Å²) in [5.74, 6) is 0.920. The summed E-state index contributed by atoms with van der Waals surface area (Å²) >= 11 is 0. The maximum atomic E-state index is 7.27. The van der Waals surface area contributed by atoms with Crippen molar-refractivity contribution in [2.45, 2.75) is 33.3 Å². The third kappa shape index (κ3) is 5.92. The van der Waals surface area contributed by atoms with Gasteiger partial charge in [0, 0.05) is 17.7 Å². The van der Waals surface area contributed by atoms with E-state index in [1.165, 1.54) is 11.1 Å². The van der Waals surface area contributed by atoms with Gasteiger partial charge >= 0.3 is 0 Å². The Morgan fingerprint density at radius 3 is 2.10 bits per heavy atom. The normalized spacial score (nSPS) is 12.9. The van der Waals surface area contributed by atoms with Crippen molar-refractivity contribution in [1.82, 2.24) is 4.98 Å². The van der Waals surface area contributed by atoms with Gasteiger partial charge in [-0.3, -0.25) is 10.4 Å². The first-order valence-corrected chi connectivity index (χ1v) is 10.2. The number of rotatable bonds is 6. The Balaban J connectivity index is 1.80. The van der Waals surface area contributed by atoms with Crippen molar-refractivity contribution in [3.63, 3.8) is 0 Å². The van der Waals surface area contributed by atoms with E-state index in [4.69, 9.17) is 21.6 Å². The zero-order valence-corrected chi connectivity index (χ0v) is 18.2. The van der Waals surface area contributed by atoms with Crippen LogP contribution in [0.1, 0.15) is 49.1 Å². The van der Waals surface area contributed by atoms with Crippen LogP contribution in [0.25, 0.3) is 0 Å². The van der Waals surface area contributed by atoms with Crippen LogP contribution in [0.15, 0.2) is 77.9 Å². The van der Waals surface area contributed by atoms with E-state index in [0.29, 0.717) is 6.61 Å². The Hall–Kier alpha value is -3.67. The molecule has 0 bridgehead atoms. The predicted molar refractivity (Wildman–Crippen MR) is 125 cm³/mol. The molecule has 3 aromatic rings. The summed E-state index contributed by atoms with van der Waals surface area (Å²) in [6.07, 6.45) is 1.76. The topological polar surface area (TPSA) is 110 Å². The van der Waals surface area contributed by atoms with Crippen molar-refractivity contribution in [2.24, 2.45) is 21.9 Å². The molecule has 1 aromatic heterocycles. The molecule has 0 aliphatic carbocycles. The average Bonchev–Trinajstić information content (AvgIpc) is 2.73. The van der Waals surface area contributed by atoms with Crippen molar-refractivity contribution >= 4 is 11.8 Å². The van der Waals surface area contributed by atoms with E-state index < -0.39 is 0 Å². The third-order valence-corrected chi connectivity index (χ3v) is 4.97. The number of hydrogen-bond donors (Lipinski definition) is 3. The molecule has 6 heteroatoms. The van der Waals surface area contributed by atoms with Crippen LogP contribution in [0.2, 0.25) is 0 Å². The molecule has 3 rings (SSSR count). The first-order valence-electron chi connectivity index (χ1n) is 10.2. The fourth-order valence-corrected chi connectivity index (χ4v) is 3.63. The molecule has 2 aromatic carbocycles. The summed E-state index contributed by atoms with van der Waals surface area (Å²) < 4.78 is 5.87. The van der Waals surface area contributed by atoms with Crippen LogP contribution in [0.4, 0.5) is 0 Å². The summed E-state index contributed by atoms with van der Waals surface area (Å²) in [5.41, 5.74) is 15.2. The standard InChI is InChI=1S/C25H29N5O/c1-25(2,3)22(17-7-9-19(10-8-17)23(26)30-24(27)28)18-11-13-21(14-12-18)31-16-20-6-4-5-15-29-20/h4-15,22H,16H2,1-3H3,(H5,26,27,28,30). The highest BCUT2D eigenvalue weighted by Crippen LogP contribution is 2.41. The average molecular weight is 416 g/mol. The molecular formula is C25H29N5O. The van der Waals surface area contributed by atoms with Gasteiger partial charge in [0.25, 0.3) is 0 Å². The number of hydrogen-bond acceptors (Lipinski definition) is 3. The number of aromatic nitrogens is 1. The number of nitrogens with one attached hydrogen (secondary N) is 1. The highest BCUT2D eigenvalue weighted by molar-refractivity contribution is 6.03. The minimum atomic E-state index is -0.306. The molecule has 0 spiro atoms. The number of nitrogens with zero attached hydrogens (tertiary/aromatic N) is 2. The number of guanidine groups is 1. The molecule has 5 N–H and O–H groups in total. The van der Waals surface area contributed by atoms with Gasteiger partial charge in [-0.2, -0.15) is 4.99 Å². The number of benzene rings is 2. The second kappa shape index (κ2) is 9.43. The maximum Gasteiger partial charge on any atom is 0.214 e. The SMILES string of the molecule is CC(C)(C)C(c1ccc(OCc2ccccn2)cc1)c1ccc(C(N)=NC(=N)N)cc1. The molecule has 1 heterocycles. The van der Waals surface area contributed by atoms with Crippen LogP contribution in [-0.4, -0.2) is 16.8 Å². The summed E-state index contributed by atoms with van der Waals surface area (Å²) in [6, 6.07) is 22.0. The van der Waals surface area contributed by atoms with Gasteiger partial charge in [0.2, 0.25) is 5.96 Å². The summed E-state index contributed by atoms with van der Waals surface area (Å²) in [6.45, 7) is 7.11. The van der Waals surface area contributed by atoms with E-state index in [2.05, 4.69) is 55.0 Å². The molecule has 0 saturated heterocycles. The van der Waals surface area contributed by atoms with Gasteiger partial charge in [-0.25, -0.2) is 0 Å². The van der Waals surface area contributed by atoms with Gasteiger partial charge in [-0.05, 0) is 40.8 Å². The highest BCUT2D eigenvalue weighted by Gasteiger charge is 2.28. The number of ether oxygens (including phenoxy) is 1. The second-order valence-electron chi connectivity index (χ2n) is 8.48. The quantitative estimate of drug-likeness (QED) is 0.408. The first-order chi connectivity index (χ1) is 14.7. The summed E-state index contributed by atoms with van der Waals surface area (Å²) in [5, 5.41) is 7.27. The van der Waals surface area contributed by atoms with Gasteiger partial charge in [-0.15, -0.1) is 0 Å². The molecule has 0 radical (unpaired) electrons. The van der Waals surface area contributed by atoms with Crippen molar-refractivity contribution in [3.05, 3.63) is 95.3 Å². The van der Waals surface area contributed by atoms with E-state index >= 15 is 0 Å². The van der Waals surface area contributed by atoms with E-state index in [1.54, 1.807) is 6.20 Å². The third-order valence-electron chi connectivity index (χ3n) is 4.97. The molecule has 31 heavy (non-hydrogen) atoms. The van der Waals surface area contributed by atoms with Crippen molar-refractivity contribution in [2.75, 3.05) is 0 Å². The fraction of sp³-hybridized carbons (Fsp3) is 0.240. The molecular weight excluding hydrogens is 386 g/mol. The highest BCUT2D eigenvalue weighted by atomic mass is 16.5. The molecule has 6 nitrogen and oxygen atoms in total. The van der Waals surface area contributed by atoms with Gasteiger partial charge in [-0.1, -0.05) is 63.2 Å². The Kier molecular flexibility index (Phi) is 6.70. The first kappa shape index (κ1) is 22.0. The van der Waals surface area contributed by atoms with Crippen molar-refractivity contribution < 1.29 is 4.74 Å². The molecule has 0 aliphatic heterocycles. The van der Waals surface area contributed by atoms with E-state index in [9.17, 15) is 0 Å². The zero-order valence-electron chi connectivity index (χ0n) is 18.2. The van der Waals surface area contributed by atoms with E-state index in [1.807, 2.05) is 42.5 Å². The lowest BCUT2D eigenvalue weighted by Crippen LogP contribution is -2.21. The van der Waals surface area contributed by atoms with E-state index in [0.717, 1.165) is 17.0 Å². The monoisotopic (exact) mass is 415 g/mol. The van der Waals surface area contributed by atoms with Crippen LogP contribution < -0.4 is 16.2 Å². The van der Waals surface area contributed by atoms with Crippen molar-refractivity contribution in [3.8, 4) is 5.75 Å². The molecule has 0 fully saturated rings. The number of pyridine rings is 1. The second-order valence-corrected chi connectivity index (χ2v) is 8.48. The van der Waals surface area contributed by atoms with Gasteiger partial charge < -0.3 is 16.2 Å². The minimum Gasteiger partial charge on any atom is -0.487 e. The van der Waals surface area contributed by atoms with Crippen LogP contribution in [0.5, 0.6) is 5.75 Å². The van der Waals surface area contributed by atoms with Gasteiger partial charge in [0.05, 0.1) is 5.69 Å². The fourth-order valence-electron chi connectivity index (χ4n) is 3.63. The Morgan fingerprint density at radius 2 is 1.58 bits per heavy atom. The minimum absolute atomic E-state index is 0.00311. The van der Waals surface area contributed by atoms with Gasteiger partial charge in [0.1, 0.15) is 18.2 Å². The molecule has 0 aliphatic rings. The Bertz CT molecular complexity index is 1040. The lowest BCUT2D eigenvalue weighted by Gasteiger charge is -2.32. The number of aliphatic imine (C=N–C) groups is 1. The van der Waals surface area contributed by atoms with Gasteiger partial charge in [0.15, 0.2) is 0 Å². The van der Waals surface area contributed by atoms with Crippen LogP contribution in [0.3, 0.4) is 0 Å². The Labute approximate surface area is 183 Å². The Morgan fingerprint density at radius 1 is 0.968 bits per heavy atom. The summed E-state index contributed by atoms with van der Waals surface area (Å²) in [7, 11) is 0. The zero-order chi connectivity index (χ0) is 22.4. The molecule has 0 amide bonds. The number of nitrogens with two attached hydrogens (primary N) is 2. The molecule has 1 atom stereocenters. The summed E-state index contributed by atoms with van der Waals surface area (Å²) in [4.78, 5) is 8.10. The molecule has 1 unspecified atom stereocenters. The lowest BCUT2D eigenvalue weighted by molar-refractivity contribution is 0.301. The van der Waals surface area contributed by atoms with Crippen LogP contribution in [0, 0.1) is 10.8 Å². The van der Waals surface area contributed by atoms with Crippen LogP contribution >= 0.6 is 0 Å². The van der Waals surface area contributed by atoms with E-state index in [-0.39, 0.29) is 23.1 Å².